The van der Waals surface area contributed by atoms with E-state index in [0.717, 1.165) is 25.0 Å². The van der Waals surface area contributed by atoms with Gasteiger partial charge in [-0.15, -0.1) is 0 Å². The van der Waals surface area contributed by atoms with Crippen LogP contribution in [0.25, 0.3) is 0 Å². The quantitative estimate of drug-likeness (QED) is 0.0335. The molecule has 0 aromatic rings. The summed E-state index contributed by atoms with van der Waals surface area (Å²) >= 11 is 1.84. The number of aliphatic hydroxyl groups excluding tert-OH is 9. The van der Waals surface area contributed by atoms with Gasteiger partial charge in [0, 0.05) is 50.5 Å². The summed E-state index contributed by atoms with van der Waals surface area (Å²) in [6.07, 6.45) is -18.2. The minimum Gasteiger partial charge on any atom is -0.394 e. The highest BCUT2D eigenvalue weighted by Gasteiger charge is 2.52. The van der Waals surface area contributed by atoms with E-state index in [9.17, 15) is 65.1 Å². The molecule has 0 radical (unpaired) electrons. The molecule has 362 valence electrons. The van der Waals surface area contributed by atoms with Gasteiger partial charge in [-0.1, -0.05) is 12.8 Å². The van der Waals surface area contributed by atoms with Crippen LogP contribution >= 0.6 is 11.8 Å². The lowest BCUT2D eigenvalue weighted by Crippen LogP contribution is -2.68. The van der Waals surface area contributed by atoms with Crippen molar-refractivity contribution < 1.29 is 93.6 Å². The zero-order valence-corrected chi connectivity index (χ0v) is 35.8. The Morgan fingerprint density at radius 3 is 1.94 bits per heavy atom. The Labute approximate surface area is 368 Å². The van der Waals surface area contributed by atoms with Crippen molar-refractivity contribution in [3.05, 3.63) is 0 Å². The molecule has 5 rings (SSSR count). The molecule has 5 aliphatic heterocycles. The zero-order chi connectivity index (χ0) is 45.8. The van der Waals surface area contributed by atoms with E-state index < -0.39 is 118 Å². The van der Waals surface area contributed by atoms with Gasteiger partial charge in [0.2, 0.25) is 17.7 Å². The van der Waals surface area contributed by atoms with Gasteiger partial charge in [-0.2, -0.15) is 11.8 Å². The van der Waals surface area contributed by atoms with Crippen LogP contribution in [0.4, 0.5) is 4.79 Å². The molecule has 0 aromatic heterocycles. The Kier molecular flexibility index (Phi) is 20.2. The van der Waals surface area contributed by atoms with Gasteiger partial charge in [0.25, 0.3) is 0 Å². The molecule has 5 amide bonds. The summed E-state index contributed by atoms with van der Waals surface area (Å²) in [5.74, 6) is 0.00769. The summed E-state index contributed by atoms with van der Waals surface area (Å²) in [5, 5.41) is 108. The highest BCUT2D eigenvalue weighted by atomic mass is 32.2. The first-order valence-electron chi connectivity index (χ1n) is 21.5. The molecule has 18 atom stereocenters. The van der Waals surface area contributed by atoms with Gasteiger partial charge in [-0.05, 0) is 25.7 Å². The Morgan fingerprint density at radius 1 is 0.698 bits per heavy atom. The fourth-order valence-electron chi connectivity index (χ4n) is 8.10. The normalized spacial score (nSPS) is 38.9. The third-order valence-corrected chi connectivity index (χ3v) is 13.1. The van der Waals surface area contributed by atoms with E-state index in [4.69, 9.17) is 28.4 Å². The predicted octanol–water partition coefficient (Wildman–Crippen LogP) is -5.89. The number of hydrogen-bond donors (Lipinski definition) is 14. The molecule has 63 heavy (non-hydrogen) atoms. The topological polar surface area (TPSA) is 366 Å². The van der Waals surface area contributed by atoms with Crippen LogP contribution in [0.2, 0.25) is 0 Å². The fraction of sp³-hybridized carbons (Fsp3) is 0.895. The van der Waals surface area contributed by atoms with Crippen LogP contribution in [0.15, 0.2) is 0 Å². The second-order valence-electron chi connectivity index (χ2n) is 16.3. The molecule has 0 saturated carbocycles. The second-order valence-corrected chi connectivity index (χ2v) is 17.6. The largest absolute Gasteiger partial charge is 0.394 e. The number of carbonyl (C=O) groups excluding carboxylic acids is 4. The van der Waals surface area contributed by atoms with Crippen molar-refractivity contribution in [2.24, 2.45) is 0 Å². The monoisotopic (exact) mass is 927 g/mol. The molecule has 14 N–H and O–H groups in total. The van der Waals surface area contributed by atoms with E-state index in [1.807, 2.05) is 11.8 Å². The molecular formula is C38H65N5O19S. The Hall–Kier alpha value is -2.57. The van der Waals surface area contributed by atoms with Crippen molar-refractivity contribution >= 4 is 35.5 Å². The van der Waals surface area contributed by atoms with Crippen LogP contribution in [0.3, 0.4) is 0 Å². The van der Waals surface area contributed by atoms with Gasteiger partial charge in [0.1, 0.15) is 73.2 Å². The molecular weight excluding hydrogens is 863 g/mol. The Balaban J connectivity index is 1.01. The van der Waals surface area contributed by atoms with Crippen molar-refractivity contribution in [1.82, 2.24) is 26.6 Å². The van der Waals surface area contributed by atoms with Crippen molar-refractivity contribution in [2.45, 2.75) is 168 Å². The number of fused-ring (bicyclic) bond motifs is 1. The van der Waals surface area contributed by atoms with Crippen molar-refractivity contribution in [3.8, 4) is 0 Å². The maximum absolute atomic E-state index is 12.4. The summed E-state index contributed by atoms with van der Waals surface area (Å²) in [6, 6.07) is -1.08. The van der Waals surface area contributed by atoms with Crippen LogP contribution in [0.5, 0.6) is 0 Å². The van der Waals surface area contributed by atoms with Crippen LogP contribution in [0.1, 0.15) is 58.3 Å². The van der Waals surface area contributed by atoms with E-state index in [-0.39, 0.29) is 49.5 Å². The van der Waals surface area contributed by atoms with E-state index in [0.29, 0.717) is 37.5 Å². The zero-order valence-electron chi connectivity index (χ0n) is 35.0. The molecule has 25 heteroatoms. The van der Waals surface area contributed by atoms with E-state index >= 15 is 0 Å². The third kappa shape index (κ3) is 14.0. The van der Waals surface area contributed by atoms with Gasteiger partial charge in [0.05, 0.1) is 31.9 Å². The van der Waals surface area contributed by atoms with Gasteiger partial charge in [-0.25, -0.2) is 4.79 Å². The number of unbranched alkanes of at least 4 members (excludes halogenated alkanes) is 3. The SMILES string of the molecule is CC(=O)N[C@H]1[C@H](OCCCCCC(=O)NCCNC(=O)CCCC[C@@H]2SC[C@@H]3NC(=O)N[C@@H]32)O[C@H](CO)[C@H](O)[C@@H]1O[C@H]1O[C@H](CO[C@H]2O[C@H](CO)[C@H](O)[C@H](O)[C@H]2O)[C@H](O)[C@H](O)[C@H]1O. The molecule has 24 nitrogen and oxygen atoms in total. The van der Waals surface area contributed by atoms with Crippen LogP contribution < -0.4 is 26.6 Å². The highest BCUT2D eigenvalue weighted by Crippen LogP contribution is 2.34. The molecule has 5 heterocycles. The molecule has 0 spiro atoms. The highest BCUT2D eigenvalue weighted by molar-refractivity contribution is 8.00. The smallest absolute Gasteiger partial charge is 0.315 e. The maximum atomic E-state index is 12.4. The van der Waals surface area contributed by atoms with Crippen LogP contribution in [0, 0.1) is 0 Å². The average Bonchev–Trinajstić information content (AvgIpc) is 3.82. The lowest BCUT2D eigenvalue weighted by atomic mass is 9.95. The number of amides is 5. The summed E-state index contributed by atoms with van der Waals surface area (Å²) < 4.78 is 34.1. The maximum Gasteiger partial charge on any atom is 0.315 e. The number of thioether (sulfide) groups is 1. The second kappa shape index (κ2) is 24.8. The predicted molar refractivity (Wildman–Crippen MR) is 215 cm³/mol. The number of nitrogens with one attached hydrogen (secondary N) is 5. The summed E-state index contributed by atoms with van der Waals surface area (Å²) in [6.45, 7) is -0.307. The molecule has 0 unspecified atom stereocenters. The summed E-state index contributed by atoms with van der Waals surface area (Å²) in [5.41, 5.74) is 0. The summed E-state index contributed by atoms with van der Waals surface area (Å²) in [7, 11) is 0. The fourth-order valence-corrected chi connectivity index (χ4v) is 9.64. The number of rotatable bonds is 23. The number of aliphatic hydroxyl groups is 9. The first-order valence-corrected chi connectivity index (χ1v) is 22.5. The Morgan fingerprint density at radius 2 is 1.29 bits per heavy atom. The first-order chi connectivity index (χ1) is 30.1. The molecule has 0 aliphatic carbocycles. The summed E-state index contributed by atoms with van der Waals surface area (Å²) in [4.78, 5) is 48.5. The molecule has 0 bridgehead atoms. The number of ether oxygens (including phenoxy) is 6. The molecule has 0 aromatic carbocycles. The lowest BCUT2D eigenvalue weighted by Gasteiger charge is -2.47. The van der Waals surface area contributed by atoms with E-state index in [1.165, 1.54) is 6.92 Å². The van der Waals surface area contributed by atoms with Crippen LogP contribution in [-0.2, 0) is 42.8 Å². The number of carbonyl (C=O) groups is 4. The minimum atomic E-state index is -1.92. The Bertz CT molecular complexity index is 1480. The number of hydrogen-bond acceptors (Lipinski definition) is 20. The number of urea groups is 1. The van der Waals surface area contributed by atoms with Gasteiger partial charge in [0.15, 0.2) is 18.9 Å². The molecule has 5 aliphatic rings. The van der Waals surface area contributed by atoms with Gasteiger partial charge >= 0.3 is 6.03 Å². The molecule has 5 fully saturated rings. The van der Waals surface area contributed by atoms with Gasteiger partial charge < -0.3 is 101 Å². The van der Waals surface area contributed by atoms with E-state index in [2.05, 4.69) is 26.6 Å². The molecule has 5 saturated heterocycles. The van der Waals surface area contributed by atoms with Crippen molar-refractivity contribution in [1.29, 1.82) is 0 Å². The standard InChI is InChI=1S/C38H65N5O19S/c1-17(46)41-26-34(62-37-33(55)31(53)28(50)21(61-37)15-58-36-32(54)30(52)27(49)19(13-44)60-36)29(51)20(14-45)59-35(26)57-12-6-2-3-8-23(47)39-10-11-40-24(48)9-5-4-7-22-25-18(16-63-22)42-38(56)43-25/h18-22,25-37,44-45,49-55H,2-16H2,1H3,(H,39,47)(H,40,48)(H,41,46)(H2,42,43,56)/t18-,19+,20+,21+,22-,25-,26+,27-,28-,29-,30-,31-,32+,33+,34+,35+,36-,37+/m0/s1. The minimum absolute atomic E-state index is 0.0502. The lowest BCUT2D eigenvalue weighted by molar-refractivity contribution is -0.354. The third-order valence-electron chi connectivity index (χ3n) is 11.6. The van der Waals surface area contributed by atoms with E-state index in [1.54, 1.807) is 0 Å². The van der Waals surface area contributed by atoms with Crippen molar-refractivity contribution in [3.63, 3.8) is 0 Å². The van der Waals surface area contributed by atoms with Crippen molar-refractivity contribution in [2.75, 3.05) is 45.3 Å². The average molecular weight is 928 g/mol. The first kappa shape index (κ1) is 51.4. The van der Waals surface area contributed by atoms with Crippen LogP contribution in [-0.4, -0.2) is 224 Å². The van der Waals surface area contributed by atoms with Gasteiger partial charge in [-0.3, -0.25) is 14.4 Å².